The second-order valence-corrected chi connectivity index (χ2v) is 9.56. The van der Waals surface area contributed by atoms with Gasteiger partial charge in [-0.3, -0.25) is 5.32 Å². The molecule has 0 spiro atoms. The topological polar surface area (TPSA) is 96.3 Å². The first kappa shape index (κ1) is 21.8. The smallest absolute Gasteiger partial charge is 0.165 e. The number of morpholine rings is 1. The second kappa shape index (κ2) is 9.11. The van der Waals surface area contributed by atoms with Crippen molar-refractivity contribution < 1.29 is 9.84 Å². The van der Waals surface area contributed by atoms with E-state index in [2.05, 4.69) is 40.1 Å². The van der Waals surface area contributed by atoms with Crippen molar-refractivity contribution in [2.24, 2.45) is 0 Å². The van der Waals surface area contributed by atoms with E-state index in [-0.39, 0.29) is 0 Å². The zero-order valence-electron chi connectivity index (χ0n) is 18.6. The number of rotatable bonds is 6. The monoisotopic (exact) mass is 462 g/mol. The first-order valence-corrected chi connectivity index (χ1v) is 11.7. The highest BCUT2D eigenvalue weighted by Crippen LogP contribution is 2.39. The summed E-state index contributed by atoms with van der Waals surface area (Å²) in [5.74, 6) is 1.50. The molecule has 4 aromatic rings. The number of nitrogens with one attached hydrogen (secondary N) is 1. The van der Waals surface area contributed by atoms with E-state index in [1.165, 1.54) is 6.33 Å². The predicted molar refractivity (Wildman–Crippen MR) is 129 cm³/mol. The van der Waals surface area contributed by atoms with E-state index in [0.717, 1.165) is 45.1 Å². The van der Waals surface area contributed by atoms with Gasteiger partial charge in [0.25, 0.3) is 0 Å². The Bertz CT molecular complexity index is 1230. The summed E-state index contributed by atoms with van der Waals surface area (Å²) in [6.45, 7) is 7.03. The van der Waals surface area contributed by atoms with Crippen molar-refractivity contribution >= 4 is 27.4 Å². The summed E-state index contributed by atoms with van der Waals surface area (Å²) in [6.07, 6.45) is 4.17. The lowest BCUT2D eigenvalue weighted by molar-refractivity contribution is 0.102. The molecule has 1 aliphatic rings. The molecule has 9 heteroatoms. The number of aliphatic hydroxyl groups is 1. The number of anilines is 1. The minimum atomic E-state index is -0.784. The summed E-state index contributed by atoms with van der Waals surface area (Å²) in [7, 11) is 0. The third-order valence-electron chi connectivity index (χ3n) is 5.71. The Labute approximate surface area is 196 Å². The van der Waals surface area contributed by atoms with Crippen molar-refractivity contribution in [2.45, 2.75) is 25.6 Å². The minimum Gasteiger partial charge on any atom is -0.378 e. The van der Waals surface area contributed by atoms with Gasteiger partial charge in [0.2, 0.25) is 0 Å². The molecule has 0 radical (unpaired) electrons. The van der Waals surface area contributed by atoms with Gasteiger partial charge in [-0.1, -0.05) is 30.3 Å². The van der Waals surface area contributed by atoms with Crippen LogP contribution >= 0.6 is 11.3 Å². The van der Waals surface area contributed by atoms with Gasteiger partial charge in [0.15, 0.2) is 11.6 Å². The first-order valence-electron chi connectivity index (χ1n) is 10.9. The van der Waals surface area contributed by atoms with Gasteiger partial charge >= 0.3 is 0 Å². The number of thiophene rings is 1. The molecule has 1 aromatic carbocycles. The van der Waals surface area contributed by atoms with Crippen LogP contribution in [-0.4, -0.2) is 51.3 Å². The first-order chi connectivity index (χ1) is 16.0. The number of hydrogen-bond donors (Lipinski definition) is 2. The van der Waals surface area contributed by atoms with Gasteiger partial charge in [-0.25, -0.2) is 19.9 Å². The van der Waals surface area contributed by atoms with Crippen LogP contribution in [0.4, 0.5) is 5.82 Å². The van der Waals surface area contributed by atoms with E-state index in [4.69, 9.17) is 14.7 Å². The Morgan fingerprint density at radius 1 is 1.09 bits per heavy atom. The van der Waals surface area contributed by atoms with Gasteiger partial charge in [-0.2, -0.15) is 0 Å². The molecule has 0 amide bonds. The molecule has 3 aromatic heterocycles. The normalized spacial score (nSPS) is 15.7. The Balaban J connectivity index is 1.55. The fourth-order valence-corrected chi connectivity index (χ4v) is 5.07. The Hall–Kier alpha value is -2.98. The third-order valence-corrected chi connectivity index (χ3v) is 7.16. The molecule has 0 bridgehead atoms. The highest BCUT2D eigenvalue weighted by molar-refractivity contribution is 7.19. The summed E-state index contributed by atoms with van der Waals surface area (Å²) in [4.78, 5) is 21.3. The van der Waals surface area contributed by atoms with Crippen molar-refractivity contribution in [3.05, 3.63) is 65.6 Å². The lowest BCUT2D eigenvalue weighted by Gasteiger charge is -2.29. The largest absolute Gasteiger partial charge is 0.378 e. The number of ether oxygens (including phenoxy) is 1. The van der Waals surface area contributed by atoms with Crippen LogP contribution in [0, 0.1) is 0 Å². The zero-order chi connectivity index (χ0) is 22.8. The molecule has 170 valence electrons. The molecule has 2 N–H and O–H groups in total. The predicted octanol–water partition coefficient (Wildman–Crippen LogP) is 3.50. The standard InChI is InChI=1S/C24H26N6O2S/c1-24(2,29-23(31)16-6-4-3-5-7-16)19-12-18-20(33-19)22(30-8-10-32-11-9-30)28-21(27-18)17-13-25-15-26-14-17/h3-7,12-15,23,29,31H,8-11H2,1-2H3. The fraction of sp³-hybridized carbons (Fsp3) is 0.333. The molecule has 1 fully saturated rings. The zero-order valence-corrected chi connectivity index (χ0v) is 19.4. The lowest BCUT2D eigenvalue weighted by Crippen LogP contribution is -2.38. The SMILES string of the molecule is CC(C)(NC(O)c1ccccc1)c1cc2nc(-c3cncnc3)nc(N3CCOCC3)c2s1. The molecule has 1 aliphatic heterocycles. The van der Waals surface area contributed by atoms with Gasteiger partial charge in [-0.15, -0.1) is 11.3 Å². The fourth-order valence-electron chi connectivity index (χ4n) is 3.89. The molecule has 4 heterocycles. The molecule has 33 heavy (non-hydrogen) atoms. The number of aromatic nitrogens is 4. The maximum atomic E-state index is 10.8. The van der Waals surface area contributed by atoms with Crippen molar-refractivity contribution in [1.29, 1.82) is 0 Å². The van der Waals surface area contributed by atoms with E-state index in [9.17, 15) is 5.11 Å². The van der Waals surface area contributed by atoms with Crippen molar-refractivity contribution in [3.63, 3.8) is 0 Å². The summed E-state index contributed by atoms with van der Waals surface area (Å²) in [6, 6.07) is 11.7. The number of fused-ring (bicyclic) bond motifs is 1. The summed E-state index contributed by atoms with van der Waals surface area (Å²) >= 11 is 1.65. The summed E-state index contributed by atoms with van der Waals surface area (Å²) in [5.41, 5.74) is 1.98. The van der Waals surface area contributed by atoms with E-state index in [0.29, 0.717) is 19.0 Å². The minimum absolute atomic E-state index is 0.487. The quantitative estimate of drug-likeness (QED) is 0.420. The van der Waals surface area contributed by atoms with Crippen LogP contribution in [0.3, 0.4) is 0 Å². The summed E-state index contributed by atoms with van der Waals surface area (Å²) < 4.78 is 6.58. The van der Waals surface area contributed by atoms with E-state index >= 15 is 0 Å². The highest BCUT2D eigenvalue weighted by Gasteiger charge is 2.28. The number of benzene rings is 1. The second-order valence-electron chi connectivity index (χ2n) is 8.50. The third kappa shape index (κ3) is 4.58. The Kier molecular flexibility index (Phi) is 6.03. The Morgan fingerprint density at radius 2 is 1.82 bits per heavy atom. The van der Waals surface area contributed by atoms with Crippen LogP contribution in [0.2, 0.25) is 0 Å². The summed E-state index contributed by atoms with van der Waals surface area (Å²) in [5, 5.41) is 14.1. The number of hydrogen-bond acceptors (Lipinski definition) is 9. The molecular weight excluding hydrogens is 436 g/mol. The van der Waals surface area contributed by atoms with Gasteiger partial charge in [0.05, 0.1) is 29.0 Å². The highest BCUT2D eigenvalue weighted by atomic mass is 32.1. The average Bonchev–Trinajstić information content (AvgIpc) is 3.30. The average molecular weight is 463 g/mol. The molecule has 1 unspecified atom stereocenters. The van der Waals surface area contributed by atoms with Crippen LogP contribution in [0.25, 0.3) is 21.6 Å². The maximum absolute atomic E-state index is 10.8. The lowest BCUT2D eigenvalue weighted by atomic mass is 10.0. The maximum Gasteiger partial charge on any atom is 0.165 e. The molecule has 0 aliphatic carbocycles. The van der Waals surface area contributed by atoms with Gasteiger partial charge in [0.1, 0.15) is 12.6 Å². The van der Waals surface area contributed by atoms with E-state index in [1.807, 2.05) is 30.3 Å². The van der Waals surface area contributed by atoms with Crippen molar-refractivity contribution in [3.8, 4) is 11.4 Å². The molecule has 0 saturated carbocycles. The van der Waals surface area contributed by atoms with Gasteiger partial charge in [0, 0.05) is 35.9 Å². The van der Waals surface area contributed by atoms with Gasteiger partial charge < -0.3 is 14.7 Å². The molecule has 5 rings (SSSR count). The van der Waals surface area contributed by atoms with E-state index in [1.54, 1.807) is 23.7 Å². The number of aliphatic hydroxyl groups excluding tert-OH is 1. The molecule has 1 saturated heterocycles. The molecule has 1 atom stereocenters. The van der Waals surface area contributed by atoms with Crippen molar-refractivity contribution in [2.75, 3.05) is 31.2 Å². The van der Waals surface area contributed by atoms with Gasteiger partial charge in [-0.05, 0) is 25.5 Å². The van der Waals surface area contributed by atoms with Crippen LogP contribution in [0.1, 0.15) is 30.5 Å². The van der Waals surface area contributed by atoms with Crippen LogP contribution in [0.15, 0.2) is 55.1 Å². The van der Waals surface area contributed by atoms with Crippen LogP contribution in [-0.2, 0) is 10.3 Å². The Morgan fingerprint density at radius 3 is 2.55 bits per heavy atom. The number of nitrogens with zero attached hydrogens (tertiary/aromatic N) is 5. The van der Waals surface area contributed by atoms with E-state index < -0.39 is 11.8 Å². The van der Waals surface area contributed by atoms with Crippen LogP contribution in [0.5, 0.6) is 0 Å². The van der Waals surface area contributed by atoms with Crippen molar-refractivity contribution in [1.82, 2.24) is 25.3 Å². The molecule has 8 nitrogen and oxygen atoms in total. The van der Waals surface area contributed by atoms with Crippen LogP contribution < -0.4 is 10.2 Å². The molecular formula is C24H26N6O2S.